The number of carbonyl (C=O) groups excluding carboxylic acids is 2. The van der Waals surface area contributed by atoms with Crippen molar-refractivity contribution in [2.45, 2.75) is 32.1 Å². The van der Waals surface area contributed by atoms with Gasteiger partial charge in [-0.1, -0.05) is 0 Å². The summed E-state index contributed by atoms with van der Waals surface area (Å²) < 4.78 is 5.41. The van der Waals surface area contributed by atoms with E-state index in [1.54, 1.807) is 0 Å². The van der Waals surface area contributed by atoms with Crippen LogP contribution in [-0.2, 0) is 14.3 Å². The molecule has 0 bridgehead atoms. The fraction of sp³-hybridized carbons (Fsp3) is 0.889. The lowest BCUT2D eigenvalue weighted by atomic mass is 9.78. The van der Waals surface area contributed by atoms with E-state index in [-0.39, 0.29) is 11.3 Å². The molecule has 2 amide bonds. The van der Waals surface area contributed by atoms with E-state index in [2.05, 4.69) is 4.90 Å². The molecule has 0 aromatic heterocycles. The molecule has 5 aliphatic rings. The van der Waals surface area contributed by atoms with Crippen LogP contribution in [0.15, 0.2) is 0 Å². The number of rotatable bonds is 3. The average molecular weight is 318 g/mol. The first kappa shape index (κ1) is 14.3. The molecule has 2 unspecified atom stereocenters. The van der Waals surface area contributed by atoms with Crippen LogP contribution in [0.5, 0.6) is 0 Å². The van der Waals surface area contributed by atoms with Crippen molar-refractivity contribution in [2.75, 3.05) is 39.4 Å². The smallest absolute Gasteiger partial charge is 0.230 e. The summed E-state index contributed by atoms with van der Waals surface area (Å²) in [5, 5.41) is 0. The lowest BCUT2D eigenvalue weighted by Gasteiger charge is -2.39. The van der Waals surface area contributed by atoms with Crippen molar-refractivity contribution >= 4 is 11.8 Å². The SMILES string of the molecule is O=C(C1[C@H]2COC[C@@H]12)N1CCCC2(CCN(CC3CC3)C2=O)C1. The van der Waals surface area contributed by atoms with Gasteiger partial charge < -0.3 is 14.5 Å². The summed E-state index contributed by atoms with van der Waals surface area (Å²) in [6.45, 7) is 4.89. The van der Waals surface area contributed by atoms with Gasteiger partial charge in [-0.05, 0) is 49.9 Å². The molecule has 5 heteroatoms. The summed E-state index contributed by atoms with van der Waals surface area (Å²) in [5.41, 5.74) is -0.261. The van der Waals surface area contributed by atoms with E-state index >= 15 is 0 Å². The molecular formula is C18H26N2O3. The Hall–Kier alpha value is -1.10. The minimum Gasteiger partial charge on any atom is -0.381 e. The summed E-state index contributed by atoms with van der Waals surface area (Å²) in [5.74, 6) is 2.51. The van der Waals surface area contributed by atoms with Gasteiger partial charge in [0.15, 0.2) is 0 Å². The van der Waals surface area contributed by atoms with E-state index in [1.807, 2.05) is 4.90 Å². The second-order valence-electron chi connectivity index (χ2n) is 8.48. The van der Waals surface area contributed by atoms with Crippen LogP contribution in [-0.4, -0.2) is 61.0 Å². The van der Waals surface area contributed by atoms with Crippen molar-refractivity contribution < 1.29 is 14.3 Å². The Labute approximate surface area is 137 Å². The van der Waals surface area contributed by atoms with Crippen LogP contribution in [0.3, 0.4) is 0 Å². The number of amides is 2. The van der Waals surface area contributed by atoms with Gasteiger partial charge in [-0.25, -0.2) is 0 Å². The Morgan fingerprint density at radius 2 is 1.96 bits per heavy atom. The fourth-order valence-electron chi connectivity index (χ4n) is 5.19. The quantitative estimate of drug-likeness (QED) is 0.784. The van der Waals surface area contributed by atoms with Crippen LogP contribution in [0.2, 0.25) is 0 Å². The molecule has 3 aliphatic heterocycles. The zero-order valence-electron chi connectivity index (χ0n) is 13.7. The number of fused-ring (bicyclic) bond motifs is 1. The van der Waals surface area contributed by atoms with E-state index in [4.69, 9.17) is 4.74 Å². The molecule has 0 radical (unpaired) electrons. The normalized spacial score (nSPS) is 42.4. The highest BCUT2D eigenvalue weighted by Crippen LogP contribution is 2.52. The summed E-state index contributed by atoms with van der Waals surface area (Å²) in [6.07, 6.45) is 5.47. The van der Waals surface area contributed by atoms with E-state index in [0.29, 0.717) is 30.2 Å². The minimum atomic E-state index is -0.261. The molecule has 5 rings (SSSR count). The molecule has 5 nitrogen and oxygen atoms in total. The Balaban J connectivity index is 1.27. The highest BCUT2D eigenvalue weighted by molar-refractivity contribution is 5.87. The highest BCUT2D eigenvalue weighted by Gasteiger charge is 2.60. The molecule has 0 aromatic carbocycles. The van der Waals surface area contributed by atoms with Gasteiger partial charge in [-0.15, -0.1) is 0 Å². The van der Waals surface area contributed by atoms with Gasteiger partial charge >= 0.3 is 0 Å². The predicted molar refractivity (Wildman–Crippen MR) is 83.5 cm³/mol. The van der Waals surface area contributed by atoms with E-state index in [1.165, 1.54) is 12.8 Å². The molecule has 1 spiro atoms. The van der Waals surface area contributed by atoms with Gasteiger partial charge in [0.25, 0.3) is 0 Å². The second kappa shape index (κ2) is 4.95. The third-order valence-corrected chi connectivity index (χ3v) is 6.90. The van der Waals surface area contributed by atoms with Crippen LogP contribution in [0, 0.1) is 29.1 Å². The number of hydrogen-bond donors (Lipinski definition) is 0. The molecule has 3 saturated heterocycles. The molecule has 2 saturated carbocycles. The topological polar surface area (TPSA) is 49.9 Å². The van der Waals surface area contributed by atoms with Crippen molar-refractivity contribution in [1.29, 1.82) is 0 Å². The van der Waals surface area contributed by atoms with Crippen LogP contribution in [0.25, 0.3) is 0 Å². The van der Waals surface area contributed by atoms with E-state index in [9.17, 15) is 9.59 Å². The van der Waals surface area contributed by atoms with Crippen molar-refractivity contribution in [1.82, 2.24) is 9.80 Å². The maximum atomic E-state index is 13.0. The molecular weight excluding hydrogens is 292 g/mol. The Morgan fingerprint density at radius 3 is 2.70 bits per heavy atom. The molecule has 2 aliphatic carbocycles. The number of piperidine rings is 1. The summed E-state index contributed by atoms with van der Waals surface area (Å²) in [7, 11) is 0. The monoisotopic (exact) mass is 318 g/mol. The van der Waals surface area contributed by atoms with Gasteiger partial charge in [0.2, 0.25) is 11.8 Å². The molecule has 0 N–H and O–H groups in total. The molecule has 5 fully saturated rings. The first-order valence-electron chi connectivity index (χ1n) is 9.34. The number of hydrogen-bond acceptors (Lipinski definition) is 3. The number of ether oxygens (including phenoxy) is 1. The van der Waals surface area contributed by atoms with Crippen LogP contribution in [0.1, 0.15) is 32.1 Å². The molecule has 126 valence electrons. The molecule has 3 heterocycles. The van der Waals surface area contributed by atoms with Gasteiger partial charge in [-0.3, -0.25) is 9.59 Å². The lowest BCUT2D eigenvalue weighted by Crippen LogP contribution is -2.50. The average Bonchev–Trinajstić information content (AvgIpc) is 3.45. The first-order valence-corrected chi connectivity index (χ1v) is 9.34. The van der Waals surface area contributed by atoms with Crippen LogP contribution < -0.4 is 0 Å². The first-order chi connectivity index (χ1) is 11.2. The third kappa shape index (κ3) is 2.23. The largest absolute Gasteiger partial charge is 0.381 e. The van der Waals surface area contributed by atoms with Crippen LogP contribution >= 0.6 is 0 Å². The third-order valence-electron chi connectivity index (χ3n) is 6.90. The predicted octanol–water partition coefficient (Wildman–Crippen LogP) is 1.13. The van der Waals surface area contributed by atoms with Gasteiger partial charge in [0.1, 0.15) is 0 Å². The van der Waals surface area contributed by atoms with Gasteiger partial charge in [-0.2, -0.15) is 0 Å². The fourth-order valence-corrected chi connectivity index (χ4v) is 5.19. The van der Waals surface area contributed by atoms with Gasteiger partial charge in [0, 0.05) is 32.1 Å². The van der Waals surface area contributed by atoms with Crippen molar-refractivity contribution in [3.05, 3.63) is 0 Å². The lowest BCUT2D eigenvalue weighted by molar-refractivity contribution is -0.144. The summed E-state index contributed by atoms with van der Waals surface area (Å²) >= 11 is 0. The Morgan fingerprint density at radius 1 is 1.17 bits per heavy atom. The molecule has 4 atom stereocenters. The maximum Gasteiger partial charge on any atom is 0.230 e. The maximum absolute atomic E-state index is 13.0. The number of nitrogens with zero attached hydrogens (tertiary/aromatic N) is 2. The zero-order chi connectivity index (χ0) is 15.6. The number of likely N-dealkylation sites (tertiary alicyclic amines) is 2. The van der Waals surface area contributed by atoms with E-state index in [0.717, 1.165) is 58.0 Å². The summed E-state index contributed by atoms with van der Waals surface area (Å²) in [4.78, 5) is 29.9. The summed E-state index contributed by atoms with van der Waals surface area (Å²) in [6, 6.07) is 0. The standard InChI is InChI=1S/C18H26N2O3/c21-16(15-13-9-23-10-14(13)15)20-6-1-4-18(11-20)5-7-19(17(18)22)8-12-2-3-12/h12-15H,1-11H2/t13-,14+,15?,18?. The second-order valence-corrected chi connectivity index (χ2v) is 8.48. The van der Waals surface area contributed by atoms with Crippen molar-refractivity contribution in [2.24, 2.45) is 29.1 Å². The molecule has 0 aromatic rings. The highest BCUT2D eigenvalue weighted by atomic mass is 16.5. The molecule has 23 heavy (non-hydrogen) atoms. The Bertz CT molecular complexity index is 536. The zero-order valence-corrected chi connectivity index (χ0v) is 13.7. The van der Waals surface area contributed by atoms with E-state index < -0.39 is 0 Å². The van der Waals surface area contributed by atoms with Crippen molar-refractivity contribution in [3.8, 4) is 0 Å². The van der Waals surface area contributed by atoms with Gasteiger partial charge in [0.05, 0.1) is 18.6 Å². The van der Waals surface area contributed by atoms with Crippen molar-refractivity contribution in [3.63, 3.8) is 0 Å². The Kier molecular flexibility index (Phi) is 3.07. The van der Waals surface area contributed by atoms with Crippen LogP contribution in [0.4, 0.5) is 0 Å². The minimum absolute atomic E-state index is 0.193. The number of carbonyl (C=O) groups is 2.